The molecule has 0 unspecified atom stereocenters. The molecule has 2 aliphatic carbocycles. The van der Waals surface area contributed by atoms with Crippen molar-refractivity contribution in [1.29, 1.82) is 0 Å². The largest absolute Gasteiger partial charge is 0.393 e. The summed E-state index contributed by atoms with van der Waals surface area (Å²) in [4.78, 5) is 29.0. The number of carbonyl (C=O) groups excluding carboxylic acids is 1. The first-order valence-electron chi connectivity index (χ1n) is 14.6. The van der Waals surface area contributed by atoms with Crippen LogP contribution >= 0.6 is 0 Å². The number of rotatable bonds is 10. The van der Waals surface area contributed by atoms with Crippen LogP contribution in [0.2, 0.25) is 0 Å². The van der Waals surface area contributed by atoms with Gasteiger partial charge in [0.2, 0.25) is 17.8 Å². The summed E-state index contributed by atoms with van der Waals surface area (Å²) in [5, 5.41) is 16.3. The highest BCUT2D eigenvalue weighted by Crippen LogP contribution is 2.38. The van der Waals surface area contributed by atoms with Crippen LogP contribution in [0.3, 0.4) is 0 Å². The van der Waals surface area contributed by atoms with E-state index in [1.165, 1.54) is 12.1 Å². The zero-order chi connectivity index (χ0) is 28.9. The highest BCUT2D eigenvalue weighted by atomic mass is 19.1. The van der Waals surface area contributed by atoms with E-state index in [2.05, 4.69) is 15.6 Å². The number of anilines is 3. The number of hydrogen-bond acceptors (Lipinski definition) is 8. The fourth-order valence-corrected chi connectivity index (χ4v) is 5.97. The Labute approximate surface area is 238 Å². The molecule has 222 valence electrons. The molecule has 2 fully saturated rings. The minimum Gasteiger partial charge on any atom is -0.393 e. The number of likely N-dealkylation sites (N-methyl/N-ethyl adjacent to an activating group) is 1. The Hall–Kier alpha value is -3.38. The van der Waals surface area contributed by atoms with Gasteiger partial charge in [-0.25, -0.2) is 18.7 Å². The van der Waals surface area contributed by atoms with Gasteiger partial charge in [0, 0.05) is 44.3 Å². The van der Waals surface area contributed by atoms with Crippen LogP contribution in [0.15, 0.2) is 24.4 Å². The number of nitrogens with zero attached hydrogens (tertiary/aromatic N) is 5. The Bertz CT molecular complexity index is 1340. The van der Waals surface area contributed by atoms with Crippen LogP contribution in [0.25, 0.3) is 11.2 Å². The molecule has 0 saturated heterocycles. The second-order valence-corrected chi connectivity index (χ2v) is 11.0. The first-order valence-corrected chi connectivity index (χ1v) is 14.6. The van der Waals surface area contributed by atoms with Crippen molar-refractivity contribution in [2.45, 2.75) is 76.5 Å². The van der Waals surface area contributed by atoms with Gasteiger partial charge in [-0.15, -0.1) is 0 Å². The van der Waals surface area contributed by atoms with Gasteiger partial charge < -0.3 is 25.4 Å². The smallest absolute Gasteiger partial charge is 0.225 e. The lowest BCUT2D eigenvalue weighted by molar-refractivity contribution is -0.137. The Morgan fingerprint density at radius 3 is 2.56 bits per heavy atom. The van der Waals surface area contributed by atoms with Gasteiger partial charge in [0.15, 0.2) is 5.65 Å². The number of methoxy groups -OCH3 is 1. The molecule has 0 atom stereocenters. The maximum Gasteiger partial charge on any atom is 0.225 e. The molecule has 3 N–H and O–H groups in total. The molecular formula is C29H39F2N7O3. The number of aliphatic hydroxyl groups is 1. The molecule has 1 aromatic carbocycles. The summed E-state index contributed by atoms with van der Waals surface area (Å²) < 4.78 is 35.3. The molecular weight excluding hydrogens is 532 g/mol. The number of nitrogens with one attached hydrogen (secondary N) is 2. The lowest BCUT2D eigenvalue weighted by atomic mass is 9.85. The SMILES string of the molecule is CCN(CCOC)C(=O)C1CCC(n2c(Nc3ccc(F)cc3F)nc3cnc(NC4CCC(O)CC4)nc32)CC1. The topological polar surface area (TPSA) is 117 Å². The first kappa shape index (κ1) is 29.1. The van der Waals surface area contributed by atoms with Crippen LogP contribution in [0.5, 0.6) is 0 Å². The van der Waals surface area contributed by atoms with Crippen molar-refractivity contribution in [2.75, 3.05) is 37.4 Å². The van der Waals surface area contributed by atoms with E-state index >= 15 is 0 Å². The van der Waals surface area contributed by atoms with Gasteiger partial charge in [0.1, 0.15) is 17.2 Å². The van der Waals surface area contributed by atoms with Crippen LogP contribution in [0.4, 0.5) is 26.4 Å². The van der Waals surface area contributed by atoms with E-state index in [4.69, 9.17) is 14.7 Å². The maximum absolute atomic E-state index is 14.6. The van der Waals surface area contributed by atoms with Crippen molar-refractivity contribution in [1.82, 2.24) is 24.4 Å². The summed E-state index contributed by atoms with van der Waals surface area (Å²) in [5.74, 6) is -0.439. The third kappa shape index (κ3) is 6.75. The van der Waals surface area contributed by atoms with Crippen LogP contribution < -0.4 is 10.6 Å². The predicted octanol–water partition coefficient (Wildman–Crippen LogP) is 4.79. The number of aromatic nitrogens is 4. The second kappa shape index (κ2) is 13.1. The normalized spacial score (nSPS) is 23.0. The molecule has 0 bridgehead atoms. The summed E-state index contributed by atoms with van der Waals surface area (Å²) in [6, 6.07) is 3.51. The molecule has 2 heterocycles. The zero-order valence-corrected chi connectivity index (χ0v) is 23.7. The monoisotopic (exact) mass is 571 g/mol. The van der Waals surface area contributed by atoms with Crippen molar-refractivity contribution >= 4 is 34.7 Å². The Morgan fingerprint density at radius 2 is 1.88 bits per heavy atom. The minimum absolute atomic E-state index is 0.0308. The first-order chi connectivity index (χ1) is 19.9. The van der Waals surface area contributed by atoms with Gasteiger partial charge in [-0.1, -0.05) is 0 Å². The van der Waals surface area contributed by atoms with Crippen molar-refractivity contribution < 1.29 is 23.4 Å². The molecule has 0 spiro atoms. The van der Waals surface area contributed by atoms with Gasteiger partial charge in [0.25, 0.3) is 0 Å². The van der Waals surface area contributed by atoms with E-state index in [1.807, 2.05) is 16.4 Å². The number of halogens is 2. The molecule has 0 radical (unpaired) electrons. The van der Waals surface area contributed by atoms with E-state index in [9.17, 15) is 18.7 Å². The van der Waals surface area contributed by atoms with Crippen molar-refractivity contribution in [3.8, 4) is 0 Å². The van der Waals surface area contributed by atoms with E-state index in [0.717, 1.165) is 44.6 Å². The van der Waals surface area contributed by atoms with Crippen molar-refractivity contribution in [3.05, 3.63) is 36.0 Å². The van der Waals surface area contributed by atoms with Crippen LogP contribution in [0.1, 0.15) is 64.3 Å². The highest BCUT2D eigenvalue weighted by Gasteiger charge is 2.32. The number of imidazole rings is 1. The molecule has 3 aromatic rings. The Balaban J connectivity index is 1.41. The van der Waals surface area contributed by atoms with Gasteiger partial charge in [0.05, 0.1) is 24.6 Å². The fourth-order valence-electron chi connectivity index (χ4n) is 5.97. The van der Waals surface area contributed by atoms with Crippen LogP contribution in [0, 0.1) is 17.6 Å². The van der Waals surface area contributed by atoms with E-state index < -0.39 is 11.6 Å². The molecule has 5 rings (SSSR count). The number of carbonyl (C=O) groups is 1. The third-order valence-electron chi connectivity index (χ3n) is 8.31. The summed E-state index contributed by atoms with van der Waals surface area (Å²) in [7, 11) is 1.63. The number of fused-ring (bicyclic) bond motifs is 1. The molecule has 41 heavy (non-hydrogen) atoms. The summed E-state index contributed by atoms with van der Waals surface area (Å²) in [6.45, 7) is 3.69. The second-order valence-electron chi connectivity index (χ2n) is 11.0. The molecule has 2 aliphatic rings. The van der Waals surface area contributed by atoms with Crippen LogP contribution in [-0.4, -0.2) is 74.4 Å². The van der Waals surface area contributed by atoms with E-state index in [0.29, 0.717) is 55.6 Å². The summed E-state index contributed by atoms with van der Waals surface area (Å²) in [6.07, 6.45) is 7.37. The lowest BCUT2D eigenvalue weighted by Crippen LogP contribution is -2.39. The number of aliphatic hydroxyl groups excluding tert-OH is 1. The molecule has 12 heteroatoms. The van der Waals surface area contributed by atoms with Crippen molar-refractivity contribution in [2.24, 2.45) is 5.92 Å². The predicted molar refractivity (Wildman–Crippen MR) is 152 cm³/mol. The summed E-state index contributed by atoms with van der Waals surface area (Å²) in [5.41, 5.74) is 1.26. The average Bonchev–Trinajstić information content (AvgIpc) is 3.33. The number of benzene rings is 1. The van der Waals surface area contributed by atoms with E-state index in [-0.39, 0.29) is 35.7 Å². The summed E-state index contributed by atoms with van der Waals surface area (Å²) >= 11 is 0. The third-order valence-corrected chi connectivity index (χ3v) is 8.31. The molecule has 1 amide bonds. The Morgan fingerprint density at radius 1 is 1.12 bits per heavy atom. The van der Waals surface area contributed by atoms with Gasteiger partial charge >= 0.3 is 0 Å². The zero-order valence-electron chi connectivity index (χ0n) is 23.7. The number of amides is 1. The minimum atomic E-state index is -0.721. The van der Waals surface area contributed by atoms with Gasteiger partial charge in [-0.3, -0.25) is 9.36 Å². The maximum atomic E-state index is 14.6. The fraction of sp³-hybridized carbons (Fsp3) is 0.586. The Kier molecular flexibility index (Phi) is 9.29. The number of ether oxygens (including phenoxy) is 1. The van der Waals surface area contributed by atoms with Crippen LogP contribution in [-0.2, 0) is 9.53 Å². The number of hydrogen-bond donors (Lipinski definition) is 3. The van der Waals surface area contributed by atoms with E-state index in [1.54, 1.807) is 13.3 Å². The quantitative estimate of drug-likeness (QED) is 0.318. The standard InChI is InChI=1S/C29H39F2N7O3/c1-3-37(14-15-41-2)27(40)18-4-9-21(10-5-18)38-26-25(35-29(38)34-24-13-6-19(30)16-23(24)31)17-32-28(36-26)33-20-7-11-22(39)12-8-20/h6,13,16-18,20-22,39H,3-5,7-12,14-15H2,1-2H3,(H,34,35)(H,32,33,36). The lowest BCUT2D eigenvalue weighted by Gasteiger charge is -2.33. The average molecular weight is 572 g/mol. The molecule has 2 saturated carbocycles. The molecule has 2 aromatic heterocycles. The highest BCUT2D eigenvalue weighted by molar-refractivity contribution is 5.79. The van der Waals surface area contributed by atoms with Crippen molar-refractivity contribution in [3.63, 3.8) is 0 Å². The van der Waals surface area contributed by atoms with Gasteiger partial charge in [-0.05, 0) is 70.4 Å². The molecule has 10 nitrogen and oxygen atoms in total. The molecule has 0 aliphatic heterocycles. The van der Waals surface area contributed by atoms with Gasteiger partial charge in [-0.2, -0.15) is 4.98 Å².